The number of nitrogens with zero attached hydrogens (tertiary/aromatic N) is 2. The molecule has 3 amide bonds. The van der Waals surface area contributed by atoms with Crippen molar-refractivity contribution >= 4 is 40.6 Å². The lowest BCUT2D eigenvalue weighted by Gasteiger charge is -2.32. The number of halogens is 3. The van der Waals surface area contributed by atoms with Crippen LogP contribution in [0.15, 0.2) is 48.5 Å². The van der Waals surface area contributed by atoms with Crippen molar-refractivity contribution in [2.45, 2.75) is 82.1 Å². The average molecular weight is 630 g/mol. The Hall–Kier alpha value is -4.13. The van der Waals surface area contributed by atoms with Gasteiger partial charge in [-0.1, -0.05) is 50.3 Å². The van der Waals surface area contributed by atoms with E-state index in [0.717, 1.165) is 80.9 Å². The lowest BCUT2D eigenvalue weighted by Crippen LogP contribution is -2.46. The molecule has 5 N–H and O–H groups in total. The Morgan fingerprint density at radius 3 is 2.18 bits per heavy atom. The molecule has 5 rings (SSSR count). The molecule has 0 spiro atoms. The van der Waals surface area contributed by atoms with Gasteiger partial charge in [-0.15, -0.1) is 0 Å². The molecule has 2 aliphatic carbocycles. The predicted molar refractivity (Wildman–Crippen MR) is 160 cm³/mol. The summed E-state index contributed by atoms with van der Waals surface area (Å²) in [5, 5.41) is 15.8. The van der Waals surface area contributed by atoms with Crippen LogP contribution >= 0.6 is 11.5 Å². The minimum Gasteiger partial charge on any atom is -0.508 e. The first-order chi connectivity index (χ1) is 21.0. The number of anilines is 2. The first-order valence-corrected chi connectivity index (χ1v) is 15.5. The normalized spacial score (nSPS) is 16.8. The van der Waals surface area contributed by atoms with Crippen LogP contribution in [-0.2, 0) is 11.0 Å². The molecule has 13 heteroatoms. The highest BCUT2D eigenvalue weighted by atomic mass is 32.1. The number of nitrogens with one attached hydrogen (secondary N) is 2. The van der Waals surface area contributed by atoms with Gasteiger partial charge in [0.2, 0.25) is 5.91 Å². The van der Waals surface area contributed by atoms with Crippen LogP contribution in [0.5, 0.6) is 5.75 Å². The molecule has 1 heterocycles. The number of nitrogen functional groups attached to an aromatic ring is 1. The van der Waals surface area contributed by atoms with Crippen molar-refractivity contribution in [3.63, 3.8) is 0 Å². The highest BCUT2D eigenvalue weighted by Gasteiger charge is 2.39. The van der Waals surface area contributed by atoms with Crippen LogP contribution in [0.2, 0.25) is 0 Å². The van der Waals surface area contributed by atoms with E-state index in [1.165, 1.54) is 30.3 Å². The maximum absolute atomic E-state index is 14.4. The number of aromatic hydroxyl groups is 1. The molecule has 1 aromatic heterocycles. The Balaban J connectivity index is 1.57. The third kappa shape index (κ3) is 6.98. The number of carbonyl (C=O) groups is 3. The zero-order valence-corrected chi connectivity index (χ0v) is 24.7. The van der Waals surface area contributed by atoms with Crippen LogP contribution in [0, 0.1) is 0 Å². The van der Waals surface area contributed by atoms with Gasteiger partial charge in [-0.05, 0) is 73.1 Å². The smallest absolute Gasteiger partial charge is 0.416 e. The third-order valence-electron chi connectivity index (χ3n) is 8.17. The second kappa shape index (κ2) is 13.2. The van der Waals surface area contributed by atoms with E-state index in [-0.39, 0.29) is 45.3 Å². The molecule has 9 nitrogen and oxygen atoms in total. The number of hydrogen-bond acceptors (Lipinski definition) is 7. The van der Waals surface area contributed by atoms with E-state index in [1.54, 1.807) is 0 Å². The Morgan fingerprint density at radius 2 is 1.55 bits per heavy atom. The summed E-state index contributed by atoms with van der Waals surface area (Å²) in [4.78, 5) is 42.1. The van der Waals surface area contributed by atoms with Crippen molar-refractivity contribution in [1.82, 2.24) is 15.0 Å². The van der Waals surface area contributed by atoms with E-state index in [2.05, 4.69) is 15.0 Å². The summed E-state index contributed by atoms with van der Waals surface area (Å²) in [7, 11) is 0. The quantitative estimate of drug-likeness (QED) is 0.243. The number of aromatic nitrogens is 1. The number of phenols is 1. The number of rotatable bonds is 8. The monoisotopic (exact) mass is 629 g/mol. The zero-order valence-electron chi connectivity index (χ0n) is 23.9. The molecular weight excluding hydrogens is 595 g/mol. The average Bonchev–Trinajstić information content (AvgIpc) is 3.65. The van der Waals surface area contributed by atoms with Gasteiger partial charge in [0.25, 0.3) is 11.8 Å². The summed E-state index contributed by atoms with van der Waals surface area (Å²) < 4.78 is 45.6. The zero-order chi connectivity index (χ0) is 31.4. The Bertz CT molecular complexity index is 1500. The Labute approximate surface area is 256 Å². The van der Waals surface area contributed by atoms with Crippen molar-refractivity contribution < 1.29 is 32.7 Å². The van der Waals surface area contributed by atoms with E-state index in [0.29, 0.717) is 11.5 Å². The van der Waals surface area contributed by atoms with Gasteiger partial charge in [-0.3, -0.25) is 19.3 Å². The van der Waals surface area contributed by atoms with Crippen LogP contribution in [-0.4, -0.2) is 39.3 Å². The summed E-state index contributed by atoms with van der Waals surface area (Å²) >= 11 is 0.646. The molecule has 2 fully saturated rings. The minimum atomic E-state index is -4.72. The van der Waals surface area contributed by atoms with Crippen molar-refractivity contribution in [2.75, 3.05) is 10.6 Å². The predicted octanol–water partition coefficient (Wildman–Crippen LogP) is 5.96. The SMILES string of the molecule is Nc1c(C(=O)NC2CCCCC2)nsc1C(=O)N(c1cccc(C(F)(F)F)c1)[C@H](C(=O)NC1CCCC1)c1ccc(O)cc1. The molecule has 0 aliphatic heterocycles. The molecule has 0 unspecified atom stereocenters. The number of phenolic OH excluding ortho intramolecular Hbond substituents is 1. The largest absolute Gasteiger partial charge is 0.508 e. The molecule has 2 aromatic carbocycles. The van der Waals surface area contributed by atoms with Gasteiger partial charge in [0, 0.05) is 17.8 Å². The molecule has 1 atom stereocenters. The second-order valence-corrected chi connectivity index (χ2v) is 12.1. The lowest BCUT2D eigenvalue weighted by atomic mass is 9.95. The van der Waals surface area contributed by atoms with Gasteiger partial charge in [-0.2, -0.15) is 17.5 Å². The molecule has 0 bridgehead atoms. The maximum atomic E-state index is 14.4. The summed E-state index contributed by atoms with van der Waals surface area (Å²) in [6.07, 6.45) is 3.24. The van der Waals surface area contributed by atoms with Gasteiger partial charge in [0.15, 0.2) is 5.69 Å². The van der Waals surface area contributed by atoms with Crippen molar-refractivity contribution in [3.05, 3.63) is 70.2 Å². The fourth-order valence-electron chi connectivity index (χ4n) is 5.87. The first kappa shape index (κ1) is 31.3. The fourth-order valence-corrected chi connectivity index (χ4v) is 6.60. The lowest BCUT2D eigenvalue weighted by molar-refractivity contribution is -0.137. The summed E-state index contributed by atoms with van der Waals surface area (Å²) in [5.74, 6) is -2.13. The van der Waals surface area contributed by atoms with Crippen LogP contribution in [0.25, 0.3) is 0 Å². The van der Waals surface area contributed by atoms with Gasteiger partial charge in [0.05, 0.1) is 11.3 Å². The highest BCUT2D eigenvalue weighted by Crippen LogP contribution is 2.37. The van der Waals surface area contributed by atoms with E-state index < -0.39 is 35.5 Å². The van der Waals surface area contributed by atoms with E-state index >= 15 is 0 Å². The van der Waals surface area contributed by atoms with Gasteiger partial charge in [-0.25, -0.2) is 0 Å². The maximum Gasteiger partial charge on any atom is 0.416 e. The van der Waals surface area contributed by atoms with Crippen molar-refractivity contribution in [2.24, 2.45) is 0 Å². The number of hydrogen-bond donors (Lipinski definition) is 4. The number of carbonyl (C=O) groups excluding carboxylic acids is 3. The molecule has 3 aromatic rings. The van der Waals surface area contributed by atoms with Gasteiger partial charge < -0.3 is 21.5 Å². The van der Waals surface area contributed by atoms with Crippen LogP contribution in [0.3, 0.4) is 0 Å². The summed E-state index contributed by atoms with van der Waals surface area (Å²) in [6.45, 7) is 0. The number of alkyl halides is 3. The van der Waals surface area contributed by atoms with E-state index in [1.807, 2.05) is 0 Å². The number of amides is 3. The third-order valence-corrected chi connectivity index (χ3v) is 9.02. The Morgan fingerprint density at radius 1 is 0.932 bits per heavy atom. The first-order valence-electron chi connectivity index (χ1n) is 14.7. The standard InChI is InChI=1S/C31H34F3N5O4S/c32-31(33,34)19-7-6-12-22(17-19)39(26(18-13-15-23(40)16-14-18)29(42)37-21-10-4-5-11-21)30(43)27-24(35)25(38-44-27)28(41)36-20-8-2-1-3-9-20/h6-7,12-17,20-21,26,40H,1-5,8-11,35H2,(H,36,41)(H,37,42)/t26-/m0/s1. The highest BCUT2D eigenvalue weighted by molar-refractivity contribution is 7.09. The second-order valence-electron chi connectivity index (χ2n) is 11.3. The van der Waals surface area contributed by atoms with E-state index in [9.17, 15) is 32.7 Å². The molecular formula is C31H34F3N5O4S. The Kier molecular flexibility index (Phi) is 9.42. The van der Waals surface area contributed by atoms with Crippen molar-refractivity contribution in [1.29, 1.82) is 0 Å². The summed E-state index contributed by atoms with van der Waals surface area (Å²) in [5.41, 5.74) is 4.99. The van der Waals surface area contributed by atoms with Gasteiger partial charge >= 0.3 is 6.18 Å². The number of nitrogens with two attached hydrogens (primary N) is 1. The van der Waals surface area contributed by atoms with Crippen LogP contribution in [0.4, 0.5) is 24.5 Å². The van der Waals surface area contributed by atoms with Crippen LogP contribution in [0.1, 0.15) is 95.1 Å². The topological polar surface area (TPSA) is 138 Å². The molecule has 2 saturated carbocycles. The minimum absolute atomic E-state index is 0.0451. The van der Waals surface area contributed by atoms with Crippen LogP contribution < -0.4 is 21.3 Å². The molecule has 0 saturated heterocycles. The number of benzene rings is 2. The summed E-state index contributed by atoms with van der Waals surface area (Å²) in [6, 6.07) is 7.99. The van der Waals surface area contributed by atoms with E-state index in [4.69, 9.17) is 5.73 Å². The van der Waals surface area contributed by atoms with Gasteiger partial charge in [0.1, 0.15) is 16.7 Å². The molecule has 44 heavy (non-hydrogen) atoms. The molecule has 2 aliphatic rings. The van der Waals surface area contributed by atoms with Crippen molar-refractivity contribution in [3.8, 4) is 5.75 Å². The fraction of sp³-hybridized carbons (Fsp3) is 0.419. The molecule has 234 valence electrons. The molecule has 0 radical (unpaired) electrons.